The second-order valence-corrected chi connectivity index (χ2v) is 6.32. The predicted octanol–water partition coefficient (Wildman–Crippen LogP) is 8.60. The number of hydrogen-bond donors (Lipinski definition) is 0. The van der Waals surface area contributed by atoms with Crippen LogP contribution in [0.4, 0.5) is 27.1 Å². The standard InChI is InChI=1S/2C8H4O3.C8H10O2.2C2H6.2CH3F.2F2/c2*9-7-5-3-1-2-4-6(5)8(10)11-7;1-9-7-3-5-8(10-2)6-4-7;6*1-2/h2*1-4H;3-6H,1-2H3;2*1-2H3;2*1H3;;. The number of halogens is 6. The number of fused-ring (bicyclic) bond motifs is 2. The van der Waals surface area contributed by atoms with Crippen LogP contribution in [0.2, 0.25) is 0 Å². The molecule has 0 N–H and O–H groups in total. The van der Waals surface area contributed by atoms with Gasteiger partial charge in [-0.05, 0) is 48.5 Å². The number of carbonyl (C=O) groups is 4. The van der Waals surface area contributed by atoms with Crippen molar-refractivity contribution in [2.45, 2.75) is 27.7 Å². The van der Waals surface area contributed by atoms with Gasteiger partial charge in [0.2, 0.25) is 0 Å². The minimum Gasteiger partial charge on any atom is -0.497 e. The van der Waals surface area contributed by atoms with Crippen LogP contribution >= 0.6 is 0 Å². The summed E-state index contributed by atoms with van der Waals surface area (Å²) >= 11 is 0. The van der Waals surface area contributed by atoms with Crippen molar-refractivity contribution < 1.29 is 65.2 Å². The van der Waals surface area contributed by atoms with Gasteiger partial charge in [0, 0.05) is 18.3 Å². The molecule has 0 radical (unpaired) electrons. The first kappa shape index (κ1) is 46.1. The smallest absolute Gasteiger partial charge is 0.346 e. The van der Waals surface area contributed by atoms with Crippen molar-refractivity contribution in [3.63, 3.8) is 0 Å². The Hall–Kier alpha value is -4.88. The molecule has 0 unspecified atom stereocenters. The molecule has 8 nitrogen and oxygen atoms in total. The molecule has 14 heteroatoms. The number of cyclic esters (lactones) is 4. The molecule has 246 valence electrons. The third kappa shape index (κ3) is 15.9. The molecular formula is C30H36F6O8. The van der Waals surface area contributed by atoms with Gasteiger partial charge < -0.3 is 18.9 Å². The molecule has 0 aromatic heterocycles. The van der Waals surface area contributed by atoms with Crippen LogP contribution in [-0.2, 0) is 9.47 Å². The summed E-state index contributed by atoms with van der Waals surface area (Å²) in [6.07, 6.45) is 0. The van der Waals surface area contributed by atoms with Crippen LogP contribution in [0.5, 0.6) is 11.5 Å². The maximum absolute atomic E-state index is 10.8. The Bertz CT molecular complexity index is 1030. The maximum atomic E-state index is 10.8. The van der Waals surface area contributed by atoms with Gasteiger partial charge in [0.25, 0.3) is 0 Å². The monoisotopic (exact) mass is 638 g/mol. The lowest BCUT2D eigenvalue weighted by Gasteiger charge is -2.00. The number of benzene rings is 3. The van der Waals surface area contributed by atoms with E-state index in [4.69, 9.17) is 27.8 Å². The van der Waals surface area contributed by atoms with Gasteiger partial charge in [-0.2, -0.15) is 0 Å². The van der Waals surface area contributed by atoms with Crippen molar-refractivity contribution in [2.24, 2.45) is 0 Å². The summed E-state index contributed by atoms with van der Waals surface area (Å²) in [6.45, 7) is 8.00. The minimum absolute atomic E-state index is 0.359. The van der Waals surface area contributed by atoms with E-state index in [-0.39, 0.29) is 0 Å². The molecule has 2 aliphatic heterocycles. The van der Waals surface area contributed by atoms with E-state index in [9.17, 15) is 28.0 Å². The maximum Gasteiger partial charge on any atom is 0.346 e. The fourth-order valence-corrected chi connectivity index (χ4v) is 2.78. The average molecular weight is 639 g/mol. The van der Waals surface area contributed by atoms with Gasteiger partial charge in [0.1, 0.15) is 11.5 Å². The fraction of sp³-hybridized carbons (Fsp3) is 0.267. The largest absolute Gasteiger partial charge is 0.497 e. The van der Waals surface area contributed by atoms with E-state index in [1.807, 2.05) is 52.0 Å². The second kappa shape index (κ2) is 31.1. The summed E-state index contributed by atoms with van der Waals surface area (Å²) in [5.74, 6) is -0.506. The van der Waals surface area contributed by atoms with Crippen molar-refractivity contribution in [3.05, 3.63) is 95.1 Å². The van der Waals surface area contributed by atoms with Gasteiger partial charge in [-0.3, -0.25) is 8.78 Å². The molecule has 5 rings (SSSR count). The zero-order valence-corrected chi connectivity index (χ0v) is 25.5. The number of rotatable bonds is 2. The number of methoxy groups -OCH3 is 2. The molecule has 0 saturated heterocycles. The number of carbonyl (C=O) groups excluding carboxylic acids is 4. The number of ether oxygens (including phenoxy) is 4. The van der Waals surface area contributed by atoms with Gasteiger partial charge in [0.05, 0.1) is 50.8 Å². The van der Waals surface area contributed by atoms with Crippen molar-refractivity contribution in [1.29, 1.82) is 0 Å². The van der Waals surface area contributed by atoms with E-state index in [0.717, 1.165) is 11.5 Å². The Kier molecular flexibility index (Phi) is 32.5. The third-order valence-corrected chi connectivity index (χ3v) is 4.40. The summed E-state index contributed by atoms with van der Waals surface area (Å²) in [7, 11) is 4.28. The summed E-state index contributed by atoms with van der Waals surface area (Å²) < 4.78 is 69.6. The molecule has 3 aromatic rings. The van der Waals surface area contributed by atoms with Crippen LogP contribution in [0.3, 0.4) is 0 Å². The van der Waals surface area contributed by atoms with Gasteiger partial charge in [-0.25, -0.2) is 19.2 Å². The summed E-state index contributed by atoms with van der Waals surface area (Å²) in [5, 5.41) is 0. The summed E-state index contributed by atoms with van der Waals surface area (Å²) in [6, 6.07) is 20.5. The molecule has 0 spiro atoms. The first-order valence-corrected chi connectivity index (χ1v) is 12.4. The van der Waals surface area contributed by atoms with E-state index < -0.39 is 23.9 Å². The topological polar surface area (TPSA) is 105 Å². The minimum atomic E-state index is -0.550. The Morgan fingerprint density at radius 1 is 0.432 bits per heavy atom. The molecular weight excluding hydrogens is 602 g/mol. The Labute approximate surface area is 252 Å². The highest BCUT2D eigenvalue weighted by Gasteiger charge is 2.29. The number of alkyl halides is 2. The lowest BCUT2D eigenvalue weighted by molar-refractivity contribution is 0.0425. The van der Waals surface area contributed by atoms with Gasteiger partial charge >= 0.3 is 23.9 Å². The molecule has 0 aliphatic carbocycles. The Balaban J connectivity index is -0.000000233. The third-order valence-electron chi connectivity index (χ3n) is 4.40. The van der Waals surface area contributed by atoms with Crippen LogP contribution in [0.25, 0.3) is 0 Å². The van der Waals surface area contributed by atoms with Crippen molar-refractivity contribution in [2.75, 3.05) is 28.6 Å². The number of esters is 4. The molecule has 2 aliphatic rings. The van der Waals surface area contributed by atoms with E-state index in [0.29, 0.717) is 36.6 Å². The van der Waals surface area contributed by atoms with Crippen molar-refractivity contribution in [1.82, 2.24) is 0 Å². The van der Waals surface area contributed by atoms with Gasteiger partial charge in [0.15, 0.2) is 0 Å². The highest BCUT2D eigenvalue weighted by Crippen LogP contribution is 2.19. The summed E-state index contributed by atoms with van der Waals surface area (Å²) in [4.78, 5) is 43.3. The van der Waals surface area contributed by atoms with Crippen molar-refractivity contribution >= 4 is 23.9 Å². The van der Waals surface area contributed by atoms with Crippen LogP contribution < -0.4 is 9.47 Å². The molecule has 3 aromatic carbocycles. The molecule has 2 heterocycles. The Morgan fingerprint density at radius 2 is 0.614 bits per heavy atom. The molecule has 0 saturated carbocycles. The molecule has 0 fully saturated rings. The first-order chi connectivity index (χ1) is 21.4. The zero-order chi connectivity index (χ0) is 35.1. The highest BCUT2D eigenvalue weighted by molar-refractivity contribution is 6.15. The number of hydrogen-bond acceptors (Lipinski definition) is 8. The summed E-state index contributed by atoms with van der Waals surface area (Å²) in [5.41, 5.74) is 1.44. The zero-order valence-electron chi connectivity index (χ0n) is 25.5. The lowest BCUT2D eigenvalue weighted by atomic mass is 10.1. The van der Waals surface area contributed by atoms with Gasteiger partial charge in [-0.15, -0.1) is 0 Å². The van der Waals surface area contributed by atoms with Crippen LogP contribution in [0, 0.1) is 0 Å². The second-order valence-electron chi connectivity index (χ2n) is 6.32. The molecule has 0 bridgehead atoms. The fourth-order valence-electron chi connectivity index (χ4n) is 2.78. The predicted molar refractivity (Wildman–Crippen MR) is 153 cm³/mol. The van der Waals surface area contributed by atoms with E-state index >= 15 is 0 Å². The normalized spacial score (nSPS) is 10.1. The van der Waals surface area contributed by atoms with E-state index in [1.54, 1.807) is 62.8 Å². The Morgan fingerprint density at radius 3 is 0.773 bits per heavy atom. The quantitative estimate of drug-likeness (QED) is 0.156. The van der Waals surface area contributed by atoms with Gasteiger partial charge in [-0.1, -0.05) is 52.0 Å². The SMILES string of the molecule is CC.CC.CF.CF.COc1ccc(OC)cc1.FF.FF.O=C1OC(=O)c2ccccc21.O=C1OC(=O)c2ccccc21. The molecule has 44 heavy (non-hydrogen) atoms. The first-order valence-electron chi connectivity index (χ1n) is 12.4. The van der Waals surface area contributed by atoms with Crippen molar-refractivity contribution in [3.8, 4) is 11.5 Å². The molecule has 0 amide bonds. The van der Waals surface area contributed by atoms with Crippen LogP contribution in [0.15, 0.2) is 72.8 Å². The van der Waals surface area contributed by atoms with Crippen LogP contribution in [-0.4, -0.2) is 52.5 Å². The average Bonchev–Trinajstić information content (AvgIpc) is 3.59. The van der Waals surface area contributed by atoms with Crippen LogP contribution in [0.1, 0.15) is 69.1 Å². The van der Waals surface area contributed by atoms with E-state index in [2.05, 4.69) is 9.47 Å². The van der Waals surface area contributed by atoms with E-state index in [1.165, 1.54) is 0 Å². The lowest BCUT2D eigenvalue weighted by Crippen LogP contribution is -1.96. The molecule has 0 atom stereocenters. The highest BCUT2D eigenvalue weighted by atomic mass is 20.0.